The average Bonchev–Trinajstić information content (AvgIpc) is 3.26. The molecule has 1 fully saturated rings. The molecule has 0 aromatic heterocycles. The Morgan fingerprint density at radius 1 is 1.14 bits per heavy atom. The number of nitro groups is 1. The van der Waals surface area contributed by atoms with Gasteiger partial charge in [0.25, 0.3) is 11.6 Å². The van der Waals surface area contributed by atoms with Gasteiger partial charge in [0.1, 0.15) is 5.75 Å². The first-order chi connectivity index (χ1) is 14.0. The summed E-state index contributed by atoms with van der Waals surface area (Å²) in [6.07, 6.45) is 2.13. The lowest BCUT2D eigenvalue weighted by Crippen LogP contribution is -2.24. The van der Waals surface area contributed by atoms with E-state index in [9.17, 15) is 19.7 Å². The second-order valence-electron chi connectivity index (χ2n) is 6.51. The Labute approximate surface area is 167 Å². The number of nitrogens with zero attached hydrogens (tertiary/aromatic N) is 2. The number of anilines is 2. The standard InChI is InChI=1S/C20H21N3O6/c1-28-20(25)14-4-9-18(22-10-2-3-11-22)17(12-14)21-19(24)13-29-16-7-5-15(6-8-16)23(26)27/h4-9,12H,2-3,10-11,13H2,1H3,(H,21,24). The third-order valence-electron chi connectivity index (χ3n) is 4.56. The molecule has 29 heavy (non-hydrogen) atoms. The van der Waals surface area contributed by atoms with Crippen LogP contribution in [0.25, 0.3) is 0 Å². The van der Waals surface area contributed by atoms with Gasteiger partial charge in [-0.25, -0.2) is 4.79 Å². The molecular formula is C20H21N3O6. The molecule has 9 nitrogen and oxygen atoms in total. The summed E-state index contributed by atoms with van der Waals surface area (Å²) in [6, 6.07) is 10.5. The second-order valence-corrected chi connectivity index (χ2v) is 6.51. The maximum absolute atomic E-state index is 12.4. The summed E-state index contributed by atoms with van der Waals surface area (Å²) in [6.45, 7) is 1.47. The van der Waals surface area contributed by atoms with Gasteiger partial charge in [-0.1, -0.05) is 0 Å². The molecule has 2 aromatic carbocycles. The molecule has 0 bridgehead atoms. The van der Waals surface area contributed by atoms with Crippen LogP contribution in [0.3, 0.4) is 0 Å². The fraction of sp³-hybridized carbons (Fsp3) is 0.300. The number of amides is 1. The Bertz CT molecular complexity index is 907. The summed E-state index contributed by atoms with van der Waals surface area (Å²) in [5.74, 6) is -0.560. The molecule has 0 radical (unpaired) electrons. The van der Waals surface area contributed by atoms with Crippen LogP contribution in [0.15, 0.2) is 42.5 Å². The van der Waals surface area contributed by atoms with Crippen LogP contribution >= 0.6 is 0 Å². The summed E-state index contributed by atoms with van der Waals surface area (Å²) in [5, 5.41) is 13.5. The highest BCUT2D eigenvalue weighted by Crippen LogP contribution is 2.30. The van der Waals surface area contributed by atoms with E-state index in [1.54, 1.807) is 18.2 Å². The van der Waals surface area contributed by atoms with Crippen molar-refractivity contribution in [1.82, 2.24) is 0 Å². The van der Waals surface area contributed by atoms with E-state index in [4.69, 9.17) is 9.47 Å². The summed E-state index contributed by atoms with van der Waals surface area (Å²) < 4.78 is 10.2. The van der Waals surface area contributed by atoms with Gasteiger partial charge in [0.15, 0.2) is 6.61 Å². The van der Waals surface area contributed by atoms with Crippen molar-refractivity contribution in [3.63, 3.8) is 0 Å². The highest BCUT2D eigenvalue weighted by molar-refractivity contribution is 5.98. The molecule has 1 saturated heterocycles. The molecule has 2 aromatic rings. The van der Waals surface area contributed by atoms with Crippen molar-refractivity contribution in [1.29, 1.82) is 0 Å². The highest BCUT2D eigenvalue weighted by Gasteiger charge is 2.19. The Morgan fingerprint density at radius 3 is 2.45 bits per heavy atom. The smallest absolute Gasteiger partial charge is 0.337 e. The van der Waals surface area contributed by atoms with Crippen molar-refractivity contribution in [2.75, 3.05) is 37.0 Å². The number of methoxy groups -OCH3 is 1. The van der Waals surface area contributed by atoms with Gasteiger partial charge in [-0.05, 0) is 43.2 Å². The number of rotatable bonds is 7. The number of carbonyl (C=O) groups is 2. The number of benzene rings is 2. The van der Waals surface area contributed by atoms with Gasteiger partial charge >= 0.3 is 5.97 Å². The Morgan fingerprint density at radius 2 is 1.83 bits per heavy atom. The van der Waals surface area contributed by atoms with E-state index in [1.807, 2.05) is 0 Å². The summed E-state index contributed by atoms with van der Waals surface area (Å²) in [4.78, 5) is 36.6. The van der Waals surface area contributed by atoms with Crippen molar-refractivity contribution >= 4 is 28.9 Å². The minimum absolute atomic E-state index is 0.0586. The molecule has 1 heterocycles. The number of hydrogen-bond donors (Lipinski definition) is 1. The Balaban J connectivity index is 1.70. The maximum atomic E-state index is 12.4. The van der Waals surface area contributed by atoms with Gasteiger partial charge in [0, 0.05) is 25.2 Å². The van der Waals surface area contributed by atoms with Gasteiger partial charge in [0.05, 0.1) is 29.0 Å². The molecule has 1 aliphatic rings. The number of hydrogen-bond acceptors (Lipinski definition) is 7. The quantitative estimate of drug-likeness (QED) is 0.433. The first-order valence-electron chi connectivity index (χ1n) is 9.12. The van der Waals surface area contributed by atoms with Gasteiger partial charge in [-0.15, -0.1) is 0 Å². The molecular weight excluding hydrogens is 378 g/mol. The zero-order chi connectivity index (χ0) is 20.8. The molecule has 9 heteroatoms. The summed E-state index contributed by atoms with van der Waals surface area (Å²) in [5.41, 5.74) is 1.62. The van der Waals surface area contributed by atoms with Crippen molar-refractivity contribution in [2.45, 2.75) is 12.8 Å². The number of nitro benzene ring substituents is 1. The van der Waals surface area contributed by atoms with Crippen molar-refractivity contribution in [2.24, 2.45) is 0 Å². The molecule has 0 aliphatic carbocycles. The van der Waals surface area contributed by atoms with Crippen LogP contribution in [0.2, 0.25) is 0 Å². The minimum atomic E-state index is -0.509. The summed E-state index contributed by atoms with van der Waals surface area (Å²) in [7, 11) is 1.30. The SMILES string of the molecule is COC(=O)c1ccc(N2CCCC2)c(NC(=O)COc2ccc([N+](=O)[O-])cc2)c1. The maximum Gasteiger partial charge on any atom is 0.337 e. The molecule has 1 aliphatic heterocycles. The van der Waals surface area contributed by atoms with Crippen LogP contribution in [-0.4, -0.2) is 43.6 Å². The van der Waals surface area contributed by atoms with Crippen molar-refractivity contribution < 1.29 is 24.0 Å². The number of ether oxygens (including phenoxy) is 2. The van der Waals surface area contributed by atoms with Gasteiger partial charge in [-0.3, -0.25) is 14.9 Å². The first-order valence-corrected chi connectivity index (χ1v) is 9.12. The van der Waals surface area contributed by atoms with E-state index in [1.165, 1.54) is 31.4 Å². The van der Waals surface area contributed by atoms with E-state index in [0.717, 1.165) is 31.6 Å². The fourth-order valence-electron chi connectivity index (χ4n) is 3.11. The molecule has 152 valence electrons. The number of esters is 1. The fourth-order valence-corrected chi connectivity index (χ4v) is 3.11. The lowest BCUT2D eigenvalue weighted by Gasteiger charge is -2.22. The zero-order valence-corrected chi connectivity index (χ0v) is 15.9. The van der Waals surface area contributed by atoms with Crippen LogP contribution in [-0.2, 0) is 9.53 Å². The lowest BCUT2D eigenvalue weighted by molar-refractivity contribution is -0.384. The molecule has 0 saturated carbocycles. The van der Waals surface area contributed by atoms with E-state index >= 15 is 0 Å². The monoisotopic (exact) mass is 399 g/mol. The van der Waals surface area contributed by atoms with Crippen molar-refractivity contribution in [3.8, 4) is 5.75 Å². The molecule has 3 rings (SSSR count). The second kappa shape index (κ2) is 9.05. The largest absolute Gasteiger partial charge is 0.484 e. The van der Waals surface area contributed by atoms with Gasteiger partial charge < -0.3 is 19.7 Å². The molecule has 0 spiro atoms. The van der Waals surface area contributed by atoms with E-state index < -0.39 is 16.8 Å². The topological polar surface area (TPSA) is 111 Å². The lowest BCUT2D eigenvalue weighted by atomic mass is 10.1. The zero-order valence-electron chi connectivity index (χ0n) is 15.9. The van der Waals surface area contributed by atoms with Crippen LogP contribution < -0.4 is 15.0 Å². The van der Waals surface area contributed by atoms with Crippen LogP contribution in [0.5, 0.6) is 5.75 Å². The number of carbonyl (C=O) groups excluding carboxylic acids is 2. The van der Waals surface area contributed by atoms with Gasteiger partial charge in [0.2, 0.25) is 0 Å². The van der Waals surface area contributed by atoms with Crippen molar-refractivity contribution in [3.05, 3.63) is 58.1 Å². The average molecular weight is 399 g/mol. The van der Waals surface area contributed by atoms with E-state index in [0.29, 0.717) is 17.0 Å². The third-order valence-corrected chi connectivity index (χ3v) is 4.56. The van der Waals surface area contributed by atoms with E-state index in [2.05, 4.69) is 10.2 Å². The minimum Gasteiger partial charge on any atom is -0.484 e. The van der Waals surface area contributed by atoms with Crippen LogP contribution in [0, 0.1) is 10.1 Å². The Kier molecular flexibility index (Phi) is 6.28. The van der Waals surface area contributed by atoms with Crippen LogP contribution in [0.1, 0.15) is 23.2 Å². The van der Waals surface area contributed by atoms with E-state index in [-0.39, 0.29) is 12.3 Å². The first kappa shape index (κ1) is 20.1. The Hall–Kier alpha value is -3.62. The normalized spacial score (nSPS) is 13.1. The summed E-state index contributed by atoms with van der Waals surface area (Å²) >= 11 is 0. The number of non-ortho nitro benzene ring substituents is 1. The predicted octanol–water partition coefficient (Wildman–Crippen LogP) is 3.00. The molecule has 1 N–H and O–H groups in total. The third kappa shape index (κ3) is 5.01. The molecule has 0 atom stereocenters. The predicted molar refractivity (Wildman–Crippen MR) is 106 cm³/mol. The molecule has 1 amide bonds. The number of nitrogens with one attached hydrogen (secondary N) is 1. The highest BCUT2D eigenvalue weighted by atomic mass is 16.6. The van der Waals surface area contributed by atoms with Gasteiger partial charge in [-0.2, -0.15) is 0 Å². The molecule has 0 unspecified atom stereocenters. The van der Waals surface area contributed by atoms with Crippen LogP contribution in [0.4, 0.5) is 17.1 Å².